The van der Waals surface area contributed by atoms with E-state index in [0.29, 0.717) is 0 Å². The Labute approximate surface area is 120 Å². The van der Waals surface area contributed by atoms with Gasteiger partial charge in [0.15, 0.2) is 0 Å². The summed E-state index contributed by atoms with van der Waals surface area (Å²) in [6.45, 7) is 0. The molecule has 1 amide bonds. The van der Waals surface area contributed by atoms with E-state index in [-0.39, 0.29) is 16.3 Å². The summed E-state index contributed by atoms with van der Waals surface area (Å²) in [6, 6.07) is 11.5. The highest BCUT2D eigenvalue weighted by atomic mass is 35.5. The maximum atomic E-state index is 13.1. The highest BCUT2D eigenvalue weighted by Crippen LogP contribution is 2.24. The zero-order chi connectivity index (χ0) is 14.8. The largest absolute Gasteiger partial charge is 0.334 e. The Morgan fingerprint density at radius 2 is 1.65 bits per heavy atom. The minimum Gasteiger partial charge on any atom is -0.321 e. The second kappa shape index (κ2) is 5.60. The van der Waals surface area contributed by atoms with Gasteiger partial charge in [-0.3, -0.25) is 4.79 Å². The molecule has 0 spiro atoms. The summed E-state index contributed by atoms with van der Waals surface area (Å²) in [6.07, 6.45) is 0. The first-order chi connectivity index (χ1) is 9.39. The van der Waals surface area contributed by atoms with Gasteiger partial charge >= 0.3 is 10.2 Å². The molecular weight excluding hydrogens is 305 g/mol. The Bertz CT molecular complexity index is 762. The number of hydrogen-bond donors (Lipinski definition) is 1. The molecule has 0 atom stereocenters. The van der Waals surface area contributed by atoms with Gasteiger partial charge < -0.3 is 5.32 Å². The van der Waals surface area contributed by atoms with Crippen LogP contribution in [0.3, 0.4) is 0 Å². The van der Waals surface area contributed by atoms with Crippen molar-refractivity contribution in [3.05, 3.63) is 59.1 Å². The van der Waals surface area contributed by atoms with Crippen LogP contribution in [-0.2, 0) is 10.2 Å². The van der Waals surface area contributed by atoms with Gasteiger partial charge in [-0.2, -0.15) is 8.42 Å². The second-order valence-corrected chi connectivity index (χ2v) is 5.59. The third-order valence-electron chi connectivity index (χ3n) is 2.52. The molecule has 1 N–H and O–H groups in total. The molecule has 0 bridgehead atoms. The average molecular weight is 314 g/mol. The molecule has 0 unspecified atom stereocenters. The first-order valence-corrected chi connectivity index (χ1v) is 7.25. The van der Waals surface area contributed by atoms with E-state index in [1.807, 2.05) is 0 Å². The smallest absolute Gasteiger partial charge is 0.321 e. The number of anilines is 1. The lowest BCUT2D eigenvalue weighted by Gasteiger charge is -2.09. The van der Waals surface area contributed by atoms with Crippen LogP contribution in [0.1, 0.15) is 10.4 Å². The van der Waals surface area contributed by atoms with Crippen LogP contribution in [0, 0.1) is 0 Å². The van der Waals surface area contributed by atoms with Crippen LogP contribution in [0.4, 0.5) is 9.57 Å². The van der Waals surface area contributed by atoms with E-state index in [4.69, 9.17) is 11.6 Å². The van der Waals surface area contributed by atoms with E-state index in [1.165, 1.54) is 30.3 Å². The van der Waals surface area contributed by atoms with Crippen LogP contribution < -0.4 is 5.32 Å². The summed E-state index contributed by atoms with van der Waals surface area (Å²) >= 11 is 5.86. The monoisotopic (exact) mass is 313 g/mol. The van der Waals surface area contributed by atoms with E-state index in [0.717, 1.165) is 6.07 Å². The van der Waals surface area contributed by atoms with Crippen molar-refractivity contribution >= 4 is 33.4 Å². The highest BCUT2D eigenvalue weighted by molar-refractivity contribution is 7.86. The van der Waals surface area contributed by atoms with Gasteiger partial charge in [0.05, 0.1) is 16.3 Å². The van der Waals surface area contributed by atoms with Gasteiger partial charge in [-0.25, -0.2) is 0 Å². The normalized spacial score (nSPS) is 11.1. The molecule has 104 valence electrons. The maximum Gasteiger partial charge on any atom is 0.334 e. The molecule has 2 aromatic carbocycles. The fourth-order valence-corrected chi connectivity index (χ4v) is 2.46. The molecular formula is C13H9ClFNO3S. The summed E-state index contributed by atoms with van der Waals surface area (Å²) in [5.41, 5.74) is 0.0279. The molecule has 0 saturated heterocycles. The van der Waals surface area contributed by atoms with E-state index in [9.17, 15) is 17.1 Å². The Hall–Kier alpha value is -1.92. The molecule has 2 aromatic rings. The van der Waals surface area contributed by atoms with E-state index in [1.54, 1.807) is 12.1 Å². The quantitative estimate of drug-likeness (QED) is 0.885. The van der Waals surface area contributed by atoms with Crippen molar-refractivity contribution in [2.24, 2.45) is 0 Å². The summed E-state index contributed by atoms with van der Waals surface area (Å²) < 4.78 is 35.1. The zero-order valence-corrected chi connectivity index (χ0v) is 11.6. The van der Waals surface area contributed by atoms with Crippen molar-refractivity contribution < 1.29 is 17.1 Å². The Morgan fingerprint density at radius 3 is 2.30 bits per heavy atom. The van der Waals surface area contributed by atoms with Crippen molar-refractivity contribution in [2.45, 2.75) is 4.90 Å². The van der Waals surface area contributed by atoms with Crippen LogP contribution in [0.15, 0.2) is 53.4 Å². The van der Waals surface area contributed by atoms with Gasteiger partial charge in [-0.05, 0) is 24.3 Å². The van der Waals surface area contributed by atoms with E-state index in [2.05, 4.69) is 5.32 Å². The van der Waals surface area contributed by atoms with E-state index >= 15 is 0 Å². The molecule has 0 aliphatic heterocycles. The fraction of sp³-hybridized carbons (Fsp3) is 0. The lowest BCUT2D eigenvalue weighted by Crippen LogP contribution is -2.14. The molecule has 0 heterocycles. The third kappa shape index (κ3) is 3.15. The van der Waals surface area contributed by atoms with Gasteiger partial charge in [-0.15, -0.1) is 3.89 Å². The first kappa shape index (κ1) is 14.5. The zero-order valence-electron chi connectivity index (χ0n) is 10.0. The van der Waals surface area contributed by atoms with Crippen LogP contribution in [0.2, 0.25) is 5.02 Å². The summed E-state index contributed by atoms with van der Waals surface area (Å²) in [4.78, 5) is 11.4. The molecule has 2 rings (SSSR count). The average Bonchev–Trinajstić information content (AvgIpc) is 2.38. The first-order valence-electron chi connectivity index (χ1n) is 5.49. The summed E-state index contributed by atoms with van der Waals surface area (Å²) in [5.74, 6) is -0.619. The standard InChI is InChI=1S/C13H9ClFNO3S/c14-10-6-2-1-5-9(10)13(17)16-11-7-3-4-8-12(11)20(15,18)19/h1-8H,(H,16,17). The van der Waals surface area contributed by atoms with Crippen LogP contribution >= 0.6 is 11.6 Å². The number of rotatable bonds is 3. The summed E-state index contributed by atoms with van der Waals surface area (Å²) in [5, 5.41) is 2.55. The van der Waals surface area contributed by atoms with Gasteiger partial charge in [0.1, 0.15) is 4.90 Å². The molecule has 0 fully saturated rings. The maximum absolute atomic E-state index is 13.1. The molecule has 7 heteroatoms. The molecule has 0 aromatic heterocycles. The van der Waals surface area contributed by atoms with Gasteiger partial charge in [0.2, 0.25) is 0 Å². The minimum atomic E-state index is -4.92. The highest BCUT2D eigenvalue weighted by Gasteiger charge is 2.19. The lowest BCUT2D eigenvalue weighted by atomic mass is 10.2. The van der Waals surface area contributed by atoms with Crippen molar-refractivity contribution in [2.75, 3.05) is 5.32 Å². The number of carbonyl (C=O) groups excluding carboxylic acids is 1. The molecule has 20 heavy (non-hydrogen) atoms. The number of halogens is 2. The number of amides is 1. The van der Waals surface area contributed by atoms with Crippen molar-refractivity contribution in [3.63, 3.8) is 0 Å². The summed E-state index contributed by atoms with van der Waals surface area (Å²) in [7, 11) is -4.92. The number of para-hydroxylation sites is 1. The number of hydrogen-bond acceptors (Lipinski definition) is 3. The molecule has 0 radical (unpaired) electrons. The predicted molar refractivity (Wildman–Crippen MR) is 74.1 cm³/mol. The topological polar surface area (TPSA) is 63.2 Å². The fourth-order valence-electron chi connectivity index (χ4n) is 1.62. The van der Waals surface area contributed by atoms with Crippen molar-refractivity contribution in [3.8, 4) is 0 Å². The molecule has 4 nitrogen and oxygen atoms in total. The van der Waals surface area contributed by atoms with Gasteiger partial charge in [0, 0.05) is 0 Å². The molecule has 0 aliphatic rings. The predicted octanol–water partition coefficient (Wildman–Crippen LogP) is 3.25. The Kier molecular flexibility index (Phi) is 4.06. The molecule has 0 aliphatic carbocycles. The number of benzene rings is 2. The SMILES string of the molecule is O=C(Nc1ccccc1S(=O)(=O)F)c1ccccc1Cl. The van der Waals surface area contributed by atoms with Crippen LogP contribution in [0.25, 0.3) is 0 Å². The van der Waals surface area contributed by atoms with E-state index < -0.39 is 21.0 Å². The Morgan fingerprint density at radius 1 is 1.05 bits per heavy atom. The number of carbonyl (C=O) groups is 1. The van der Waals surface area contributed by atoms with Gasteiger partial charge in [0.25, 0.3) is 5.91 Å². The number of nitrogens with one attached hydrogen (secondary N) is 1. The molecule has 0 saturated carbocycles. The lowest BCUT2D eigenvalue weighted by molar-refractivity contribution is 0.102. The second-order valence-electron chi connectivity index (χ2n) is 3.87. The van der Waals surface area contributed by atoms with Crippen molar-refractivity contribution in [1.29, 1.82) is 0 Å². The van der Waals surface area contributed by atoms with Crippen LogP contribution in [0.5, 0.6) is 0 Å². The van der Waals surface area contributed by atoms with Gasteiger partial charge in [-0.1, -0.05) is 35.9 Å². The minimum absolute atomic E-state index is 0.139. The van der Waals surface area contributed by atoms with Crippen LogP contribution in [-0.4, -0.2) is 14.3 Å². The third-order valence-corrected chi connectivity index (χ3v) is 3.73. The van der Waals surface area contributed by atoms with Crippen molar-refractivity contribution in [1.82, 2.24) is 0 Å². The Balaban J connectivity index is 2.37.